The van der Waals surface area contributed by atoms with Crippen molar-refractivity contribution in [2.24, 2.45) is 5.92 Å². The molecule has 0 unspecified atom stereocenters. The zero-order valence-electron chi connectivity index (χ0n) is 17.1. The molecule has 0 aliphatic carbocycles. The molecular weight excluding hydrogens is 352 g/mol. The van der Waals surface area contributed by atoms with Crippen molar-refractivity contribution in [3.63, 3.8) is 0 Å². The van der Waals surface area contributed by atoms with E-state index in [0.717, 1.165) is 12.8 Å². The van der Waals surface area contributed by atoms with Gasteiger partial charge in [0.1, 0.15) is 12.2 Å². The largest absolute Gasteiger partial charge is 0.456 e. The second-order valence-electron chi connectivity index (χ2n) is 8.34. The van der Waals surface area contributed by atoms with Crippen LogP contribution in [0, 0.1) is 5.92 Å². The molecule has 3 aliphatic heterocycles. The Morgan fingerprint density at radius 2 is 1.89 bits per heavy atom. The fraction of sp³-hybridized carbons (Fsp3) is 0.850. The number of ether oxygens (including phenoxy) is 6. The Hall–Kier alpha value is -0.990. The molecule has 0 bridgehead atoms. The van der Waals surface area contributed by atoms with Gasteiger partial charge in [0.2, 0.25) is 0 Å². The van der Waals surface area contributed by atoms with E-state index in [1.807, 2.05) is 46.8 Å². The van der Waals surface area contributed by atoms with Gasteiger partial charge in [-0.25, -0.2) is 0 Å². The molecular formula is C20H32O7. The van der Waals surface area contributed by atoms with E-state index in [4.69, 9.17) is 28.4 Å². The van der Waals surface area contributed by atoms with Gasteiger partial charge in [-0.2, -0.15) is 0 Å². The second-order valence-corrected chi connectivity index (χ2v) is 8.34. The van der Waals surface area contributed by atoms with Gasteiger partial charge in [-0.15, -0.1) is 0 Å². The summed E-state index contributed by atoms with van der Waals surface area (Å²) in [6.45, 7) is 11.6. The highest BCUT2D eigenvalue weighted by Crippen LogP contribution is 2.42. The third kappa shape index (κ3) is 4.71. The highest BCUT2D eigenvalue weighted by molar-refractivity contribution is 5.74. The lowest BCUT2D eigenvalue weighted by Gasteiger charge is -2.29. The van der Waals surface area contributed by atoms with Crippen molar-refractivity contribution in [1.29, 1.82) is 0 Å². The van der Waals surface area contributed by atoms with E-state index in [-0.39, 0.29) is 18.0 Å². The summed E-state index contributed by atoms with van der Waals surface area (Å²) in [4.78, 5) is 12.6. The molecule has 0 N–H and O–H groups in total. The van der Waals surface area contributed by atoms with Crippen LogP contribution < -0.4 is 0 Å². The molecule has 6 atom stereocenters. The summed E-state index contributed by atoms with van der Waals surface area (Å²) in [5.41, 5.74) is 0. The first kappa shape index (κ1) is 20.7. The number of rotatable bonds is 6. The van der Waals surface area contributed by atoms with E-state index in [9.17, 15) is 4.79 Å². The van der Waals surface area contributed by atoms with E-state index in [1.54, 1.807) is 0 Å². The van der Waals surface area contributed by atoms with E-state index >= 15 is 0 Å². The molecule has 3 heterocycles. The van der Waals surface area contributed by atoms with Crippen molar-refractivity contribution in [3.05, 3.63) is 12.2 Å². The molecule has 0 spiro atoms. The van der Waals surface area contributed by atoms with Gasteiger partial charge in [0.05, 0.1) is 12.5 Å². The van der Waals surface area contributed by atoms with Crippen LogP contribution in [0.1, 0.15) is 54.4 Å². The molecule has 154 valence electrons. The Labute approximate surface area is 161 Å². The third-order valence-electron chi connectivity index (χ3n) is 4.93. The second kappa shape index (κ2) is 7.79. The lowest BCUT2D eigenvalue weighted by Crippen LogP contribution is -2.45. The van der Waals surface area contributed by atoms with Gasteiger partial charge in [-0.1, -0.05) is 25.5 Å². The monoisotopic (exact) mass is 384 g/mol. The van der Waals surface area contributed by atoms with Crippen LogP contribution >= 0.6 is 0 Å². The van der Waals surface area contributed by atoms with Crippen LogP contribution in [-0.4, -0.2) is 54.9 Å². The number of unbranched alkanes of at least 4 members (excludes halogenated alkanes) is 1. The van der Waals surface area contributed by atoms with Crippen LogP contribution in [0.15, 0.2) is 12.2 Å². The van der Waals surface area contributed by atoms with Gasteiger partial charge >= 0.3 is 5.97 Å². The number of carbonyl (C=O) groups excluding carboxylic acids is 1. The summed E-state index contributed by atoms with van der Waals surface area (Å²) in [6.07, 6.45) is 3.29. The zero-order chi connectivity index (χ0) is 19.8. The molecule has 0 aromatic carbocycles. The van der Waals surface area contributed by atoms with Crippen molar-refractivity contribution >= 4 is 5.97 Å². The Kier molecular flexibility index (Phi) is 5.99. The lowest BCUT2D eigenvalue weighted by molar-refractivity contribution is -0.235. The quantitative estimate of drug-likeness (QED) is 0.515. The number of allylic oxidation sites excluding steroid dienone is 1. The Balaban J connectivity index is 1.72. The number of hydrogen-bond donors (Lipinski definition) is 0. The molecule has 7 heteroatoms. The fourth-order valence-electron chi connectivity index (χ4n) is 3.60. The predicted molar refractivity (Wildman–Crippen MR) is 96.7 cm³/mol. The van der Waals surface area contributed by atoms with Crippen molar-refractivity contribution < 1.29 is 33.2 Å². The summed E-state index contributed by atoms with van der Waals surface area (Å²) in [5, 5.41) is 0. The maximum absolute atomic E-state index is 12.6. The molecule has 0 saturated carbocycles. The number of fused-ring (bicyclic) bond motifs is 1. The Morgan fingerprint density at radius 1 is 1.15 bits per heavy atom. The number of esters is 1. The van der Waals surface area contributed by atoms with Crippen molar-refractivity contribution in [1.82, 2.24) is 0 Å². The first-order valence-electron chi connectivity index (χ1n) is 9.82. The van der Waals surface area contributed by atoms with E-state index in [1.165, 1.54) is 0 Å². The molecule has 3 rings (SSSR count). The summed E-state index contributed by atoms with van der Waals surface area (Å²) in [5.74, 6) is -2.14. The summed E-state index contributed by atoms with van der Waals surface area (Å²) < 4.78 is 35.3. The Bertz CT molecular complexity index is 571. The summed E-state index contributed by atoms with van der Waals surface area (Å²) in [6, 6.07) is 0. The predicted octanol–water partition coefficient (Wildman–Crippen LogP) is 2.92. The summed E-state index contributed by atoms with van der Waals surface area (Å²) >= 11 is 0. The van der Waals surface area contributed by atoms with Gasteiger partial charge in [-0.05, 0) is 41.0 Å². The molecule has 27 heavy (non-hydrogen) atoms. The normalized spacial score (nSPS) is 38.2. The lowest BCUT2D eigenvalue weighted by atomic mass is 10.1. The molecule has 0 radical (unpaired) electrons. The van der Waals surface area contributed by atoms with Crippen LogP contribution in [0.5, 0.6) is 0 Å². The molecule has 0 aromatic rings. The first-order valence-corrected chi connectivity index (χ1v) is 9.82. The molecule has 7 nitrogen and oxygen atoms in total. The number of carbonyl (C=O) groups is 1. The van der Waals surface area contributed by atoms with Crippen molar-refractivity contribution in [3.8, 4) is 0 Å². The molecule has 0 amide bonds. The average Bonchev–Trinajstić information content (AvgIpc) is 3.18. The third-order valence-corrected chi connectivity index (χ3v) is 4.93. The average molecular weight is 384 g/mol. The van der Waals surface area contributed by atoms with Crippen molar-refractivity contribution in [2.45, 2.75) is 96.7 Å². The highest BCUT2D eigenvalue weighted by Gasteiger charge is 2.60. The van der Waals surface area contributed by atoms with Gasteiger partial charge in [-0.3, -0.25) is 4.79 Å². The van der Waals surface area contributed by atoms with Crippen LogP contribution in [0.2, 0.25) is 0 Å². The maximum atomic E-state index is 12.6. The van der Waals surface area contributed by atoms with Crippen LogP contribution in [0.25, 0.3) is 0 Å². The standard InChI is InChI=1S/C20H32O7/c1-7-8-9-10-12(2)17(21)23-15-14(13-11-22-19(3,4)25-13)24-18-16(15)26-20(5,6)27-18/h9-10,12-16,18H,7-8,11H2,1-6H3/b10-9-/t12-,13+,14+,15-,16+,18+/m0/s1. The smallest absolute Gasteiger partial charge is 0.312 e. The summed E-state index contributed by atoms with van der Waals surface area (Å²) in [7, 11) is 0. The minimum atomic E-state index is -0.788. The van der Waals surface area contributed by atoms with Gasteiger partial charge < -0.3 is 28.4 Å². The molecule has 3 saturated heterocycles. The van der Waals surface area contributed by atoms with Gasteiger partial charge in [0, 0.05) is 0 Å². The minimum absolute atomic E-state index is 0.312. The molecule has 3 aliphatic rings. The van der Waals surface area contributed by atoms with Gasteiger partial charge in [0.15, 0.2) is 30.1 Å². The van der Waals surface area contributed by atoms with E-state index in [0.29, 0.717) is 6.61 Å². The zero-order valence-corrected chi connectivity index (χ0v) is 17.1. The fourth-order valence-corrected chi connectivity index (χ4v) is 3.60. The maximum Gasteiger partial charge on any atom is 0.312 e. The topological polar surface area (TPSA) is 72.5 Å². The van der Waals surface area contributed by atoms with E-state index < -0.39 is 36.2 Å². The van der Waals surface area contributed by atoms with Gasteiger partial charge in [0.25, 0.3) is 0 Å². The number of hydrogen-bond acceptors (Lipinski definition) is 7. The molecule has 0 aromatic heterocycles. The van der Waals surface area contributed by atoms with Crippen LogP contribution in [0.3, 0.4) is 0 Å². The Morgan fingerprint density at radius 3 is 2.52 bits per heavy atom. The van der Waals surface area contributed by atoms with Crippen LogP contribution in [-0.2, 0) is 33.2 Å². The van der Waals surface area contributed by atoms with Crippen molar-refractivity contribution in [2.75, 3.05) is 6.61 Å². The first-order chi connectivity index (χ1) is 12.6. The van der Waals surface area contributed by atoms with E-state index in [2.05, 4.69) is 6.92 Å². The SMILES string of the molecule is CCC/C=C\[C@H](C)C(=O)O[C@@H]1[C@H]2OC(C)(C)O[C@H]2O[C@@H]1[C@H]1COC(C)(C)O1. The molecule has 3 fully saturated rings. The van der Waals surface area contributed by atoms with Crippen LogP contribution in [0.4, 0.5) is 0 Å². The minimum Gasteiger partial charge on any atom is -0.456 e. The highest BCUT2D eigenvalue weighted by atomic mass is 16.8.